The average molecular weight is 380 g/mol. The summed E-state index contributed by atoms with van der Waals surface area (Å²) in [5.41, 5.74) is 3.67. The molecule has 2 fully saturated rings. The Bertz CT molecular complexity index is 786. The van der Waals surface area contributed by atoms with Gasteiger partial charge in [0, 0.05) is 11.1 Å². The Morgan fingerprint density at radius 1 is 0.821 bits per heavy atom. The Balaban J connectivity index is 1.54. The smallest absolute Gasteiger partial charge is 0.358 e. The molecule has 0 aromatic heterocycles. The maximum atomic E-state index is 11.0. The number of nitrogens with one attached hydrogen (secondary N) is 2. The van der Waals surface area contributed by atoms with Gasteiger partial charge in [-0.15, -0.1) is 0 Å². The van der Waals surface area contributed by atoms with Crippen LogP contribution in [0, 0.1) is 0 Å². The van der Waals surface area contributed by atoms with Crippen LogP contribution in [0.1, 0.15) is 51.3 Å². The zero-order valence-corrected chi connectivity index (χ0v) is 17.0. The Morgan fingerprint density at radius 3 is 1.61 bits per heavy atom. The van der Waals surface area contributed by atoms with E-state index >= 15 is 0 Å². The Hall–Kier alpha value is -1.70. The van der Waals surface area contributed by atoms with Crippen molar-refractivity contribution in [1.29, 1.82) is 0 Å². The Kier molecular flexibility index (Phi) is 5.10. The van der Waals surface area contributed by atoms with E-state index in [0.717, 1.165) is 22.1 Å². The zero-order chi connectivity index (χ0) is 19.9. The normalized spacial score (nSPS) is 25.8. The molecule has 0 amide bonds. The molecule has 0 bridgehead atoms. The fourth-order valence-electron chi connectivity index (χ4n) is 3.80. The van der Waals surface area contributed by atoms with Crippen LogP contribution in [-0.2, 0) is 9.47 Å². The lowest BCUT2D eigenvalue weighted by Gasteiger charge is -2.19. The molecule has 2 aliphatic heterocycles. The van der Waals surface area contributed by atoms with Gasteiger partial charge in [-0.1, -0.05) is 48.5 Å². The molecule has 0 saturated carbocycles. The summed E-state index contributed by atoms with van der Waals surface area (Å²) in [7, 11) is 0. The van der Waals surface area contributed by atoms with Gasteiger partial charge < -0.3 is 14.5 Å². The molecule has 2 aromatic carbocycles. The van der Waals surface area contributed by atoms with Crippen LogP contribution in [0.5, 0.6) is 0 Å². The summed E-state index contributed by atoms with van der Waals surface area (Å²) in [5, 5.41) is 18.0. The molecule has 28 heavy (non-hydrogen) atoms. The van der Waals surface area contributed by atoms with Gasteiger partial charge in [-0.25, -0.2) is 0 Å². The third-order valence-corrected chi connectivity index (χ3v) is 5.32. The van der Waals surface area contributed by atoms with E-state index in [2.05, 4.69) is 38.3 Å². The van der Waals surface area contributed by atoms with Crippen LogP contribution in [0.25, 0.3) is 0 Å². The second-order valence-corrected chi connectivity index (χ2v) is 9.18. The van der Waals surface area contributed by atoms with E-state index in [1.165, 1.54) is 0 Å². The predicted octanol–water partition coefficient (Wildman–Crippen LogP) is 1.58. The molecule has 4 rings (SSSR count). The van der Waals surface area contributed by atoms with E-state index in [9.17, 15) is 5.02 Å². The lowest BCUT2D eigenvalue weighted by Crippen LogP contribution is -2.43. The van der Waals surface area contributed by atoms with Gasteiger partial charge in [0.15, 0.2) is 0 Å². The Labute approximate surface area is 167 Å². The molecule has 0 radical (unpaired) electrons. The van der Waals surface area contributed by atoms with Crippen LogP contribution in [-0.4, -0.2) is 36.2 Å². The van der Waals surface area contributed by atoms with Gasteiger partial charge in [-0.3, -0.25) is 10.6 Å². The van der Waals surface area contributed by atoms with Crippen LogP contribution in [0.15, 0.2) is 48.5 Å². The van der Waals surface area contributed by atoms with Crippen LogP contribution >= 0.6 is 0 Å². The highest BCUT2D eigenvalue weighted by Gasteiger charge is 2.33. The lowest BCUT2D eigenvalue weighted by atomic mass is 9.55. The molecule has 0 spiro atoms. The summed E-state index contributed by atoms with van der Waals surface area (Å²) in [6.45, 7) is 9.11. The number of benzene rings is 2. The molecule has 2 aliphatic rings. The van der Waals surface area contributed by atoms with Crippen LogP contribution in [0.2, 0.25) is 0 Å². The minimum absolute atomic E-state index is 0.0460. The second kappa shape index (κ2) is 7.28. The third-order valence-electron chi connectivity index (χ3n) is 5.32. The van der Waals surface area contributed by atoms with Crippen molar-refractivity contribution in [3.63, 3.8) is 0 Å². The molecule has 148 valence electrons. The van der Waals surface area contributed by atoms with Crippen molar-refractivity contribution in [2.24, 2.45) is 0 Å². The molecule has 2 heterocycles. The molecule has 3 N–H and O–H groups in total. The fourth-order valence-corrected chi connectivity index (χ4v) is 3.80. The van der Waals surface area contributed by atoms with Crippen molar-refractivity contribution < 1.29 is 14.5 Å². The lowest BCUT2D eigenvalue weighted by molar-refractivity contribution is 0.0989. The average Bonchev–Trinajstić information content (AvgIpc) is 3.22. The van der Waals surface area contributed by atoms with Gasteiger partial charge >= 0.3 is 6.92 Å². The predicted molar refractivity (Wildman–Crippen MR) is 112 cm³/mol. The summed E-state index contributed by atoms with van der Waals surface area (Å²) >= 11 is 0. The summed E-state index contributed by atoms with van der Waals surface area (Å²) < 4.78 is 11.8. The van der Waals surface area contributed by atoms with Crippen LogP contribution in [0.3, 0.4) is 0 Å². The van der Waals surface area contributed by atoms with E-state index in [4.69, 9.17) is 9.47 Å². The van der Waals surface area contributed by atoms with Crippen molar-refractivity contribution in [2.45, 2.75) is 51.2 Å². The van der Waals surface area contributed by atoms with Crippen molar-refractivity contribution in [1.82, 2.24) is 10.6 Å². The minimum Gasteiger partial charge on any atom is -0.443 e. The molecular formula is C22H29BN2O3. The van der Waals surface area contributed by atoms with Gasteiger partial charge in [0.1, 0.15) is 12.5 Å². The maximum Gasteiger partial charge on any atom is 0.358 e. The number of ether oxygens (including phenoxy) is 2. The second-order valence-electron chi connectivity index (χ2n) is 9.18. The molecule has 5 nitrogen and oxygen atoms in total. The highest BCUT2D eigenvalue weighted by atomic mass is 16.5. The van der Waals surface area contributed by atoms with Gasteiger partial charge in [0.2, 0.25) is 0 Å². The van der Waals surface area contributed by atoms with Crippen LogP contribution in [0.4, 0.5) is 0 Å². The van der Waals surface area contributed by atoms with E-state index in [-0.39, 0.29) is 23.5 Å². The molecule has 2 saturated heterocycles. The van der Waals surface area contributed by atoms with Crippen molar-refractivity contribution in [3.05, 3.63) is 59.7 Å². The van der Waals surface area contributed by atoms with Crippen LogP contribution < -0.4 is 21.6 Å². The monoisotopic (exact) mass is 380 g/mol. The van der Waals surface area contributed by atoms with Crippen molar-refractivity contribution >= 4 is 17.8 Å². The maximum absolute atomic E-state index is 11.0. The van der Waals surface area contributed by atoms with Crippen molar-refractivity contribution in [3.8, 4) is 0 Å². The first kappa shape index (κ1) is 19.6. The molecule has 6 heteroatoms. The number of hydrogen-bond donors (Lipinski definition) is 3. The molecular weight excluding hydrogens is 351 g/mol. The van der Waals surface area contributed by atoms with E-state index < -0.39 is 6.92 Å². The summed E-state index contributed by atoms with van der Waals surface area (Å²) in [6, 6.07) is 15.9. The largest absolute Gasteiger partial charge is 0.443 e. The summed E-state index contributed by atoms with van der Waals surface area (Å²) in [4.78, 5) is 0. The first-order valence-corrected chi connectivity index (χ1v) is 9.89. The number of hydrogen-bond acceptors (Lipinski definition) is 5. The van der Waals surface area contributed by atoms with Gasteiger partial charge in [0.25, 0.3) is 0 Å². The quantitative estimate of drug-likeness (QED) is 0.704. The molecule has 2 unspecified atom stereocenters. The Morgan fingerprint density at radius 2 is 1.25 bits per heavy atom. The first-order valence-electron chi connectivity index (χ1n) is 9.89. The van der Waals surface area contributed by atoms with E-state index in [1.54, 1.807) is 0 Å². The highest BCUT2D eigenvalue weighted by Crippen LogP contribution is 2.26. The van der Waals surface area contributed by atoms with Gasteiger partial charge in [-0.05, 0) is 49.7 Å². The molecule has 2 aromatic rings. The first-order chi connectivity index (χ1) is 13.2. The molecule has 2 atom stereocenters. The van der Waals surface area contributed by atoms with E-state index in [1.807, 2.05) is 48.5 Å². The number of rotatable bonds is 4. The fraction of sp³-hybridized carbons (Fsp3) is 0.455. The van der Waals surface area contributed by atoms with Gasteiger partial charge in [-0.2, -0.15) is 0 Å². The minimum atomic E-state index is -0.705. The SMILES string of the molecule is CC1(C)COC(c2cccc(B(O)c3cccc(C4NC(C)(C)CO4)c3)c2)N1. The van der Waals surface area contributed by atoms with Gasteiger partial charge in [0.05, 0.1) is 13.2 Å². The molecule has 0 aliphatic carbocycles. The highest BCUT2D eigenvalue weighted by molar-refractivity contribution is 6.78. The third kappa shape index (κ3) is 4.16. The standard InChI is InChI=1S/C22H29BN2O3/c1-21(2)13-27-19(24-21)15-7-5-9-17(11-15)23(26)18-10-6-8-16(12-18)20-25-22(3,4)14-28-20/h5-12,19-20,24-26H,13-14H2,1-4H3. The topological polar surface area (TPSA) is 62.8 Å². The summed E-state index contributed by atoms with van der Waals surface area (Å²) in [5.74, 6) is 0. The zero-order valence-electron chi connectivity index (χ0n) is 17.0. The summed E-state index contributed by atoms with van der Waals surface area (Å²) in [6.07, 6.45) is -0.293. The van der Waals surface area contributed by atoms with E-state index in [0.29, 0.717) is 13.2 Å². The van der Waals surface area contributed by atoms with Crippen molar-refractivity contribution in [2.75, 3.05) is 13.2 Å².